The summed E-state index contributed by atoms with van der Waals surface area (Å²) in [6, 6.07) is 5.99. The van der Waals surface area contributed by atoms with Crippen LogP contribution in [0.15, 0.2) is 24.3 Å². The molecule has 2 nitrogen and oxygen atoms in total. The van der Waals surface area contributed by atoms with Crippen molar-refractivity contribution in [1.29, 1.82) is 0 Å². The van der Waals surface area contributed by atoms with Crippen molar-refractivity contribution < 1.29 is 14.3 Å². The largest absolute Gasteiger partial charge is 0.396 e. The van der Waals surface area contributed by atoms with Gasteiger partial charge in [-0.1, -0.05) is 23.9 Å². The van der Waals surface area contributed by atoms with E-state index in [9.17, 15) is 9.18 Å². The molecule has 0 aliphatic rings. The maximum atomic E-state index is 12.6. The van der Waals surface area contributed by atoms with Gasteiger partial charge in [-0.15, -0.1) is 0 Å². The molecule has 1 atom stereocenters. The van der Waals surface area contributed by atoms with Crippen molar-refractivity contribution in [2.75, 3.05) is 12.4 Å². The zero-order valence-electron chi connectivity index (χ0n) is 8.44. The second-order valence-electron chi connectivity index (χ2n) is 3.23. The van der Waals surface area contributed by atoms with Gasteiger partial charge in [-0.05, 0) is 17.7 Å². The first-order valence-electron chi connectivity index (χ1n) is 4.63. The van der Waals surface area contributed by atoms with Gasteiger partial charge in [0, 0.05) is 18.6 Å². The van der Waals surface area contributed by atoms with Crippen molar-refractivity contribution in [2.24, 2.45) is 0 Å². The number of rotatable bonds is 4. The Morgan fingerprint density at radius 3 is 2.53 bits per heavy atom. The molecule has 0 saturated heterocycles. The number of aliphatic hydroxyl groups is 1. The summed E-state index contributed by atoms with van der Waals surface area (Å²) in [5.41, 5.74) is 0.854. The highest BCUT2D eigenvalue weighted by molar-refractivity contribution is 8.13. The van der Waals surface area contributed by atoms with Crippen LogP contribution in [0, 0.1) is 5.82 Å². The van der Waals surface area contributed by atoms with Gasteiger partial charge in [0.05, 0.1) is 6.61 Å². The normalized spacial score (nSPS) is 12.5. The van der Waals surface area contributed by atoms with Crippen LogP contribution in [0.25, 0.3) is 0 Å². The summed E-state index contributed by atoms with van der Waals surface area (Å²) < 4.78 is 12.6. The van der Waals surface area contributed by atoms with Gasteiger partial charge in [0.25, 0.3) is 0 Å². The summed E-state index contributed by atoms with van der Waals surface area (Å²) in [4.78, 5) is 10.8. The second-order valence-corrected chi connectivity index (χ2v) is 4.43. The first kappa shape index (κ1) is 12.2. The zero-order valence-corrected chi connectivity index (χ0v) is 9.26. The van der Waals surface area contributed by atoms with Crippen LogP contribution >= 0.6 is 11.8 Å². The van der Waals surface area contributed by atoms with E-state index in [0.717, 1.165) is 5.56 Å². The van der Waals surface area contributed by atoms with Gasteiger partial charge >= 0.3 is 0 Å². The van der Waals surface area contributed by atoms with E-state index in [4.69, 9.17) is 5.11 Å². The summed E-state index contributed by atoms with van der Waals surface area (Å²) in [5.74, 6) is 0.117. The molecule has 0 heterocycles. The Morgan fingerprint density at radius 1 is 1.47 bits per heavy atom. The monoisotopic (exact) mass is 228 g/mol. The molecular weight excluding hydrogens is 215 g/mol. The van der Waals surface area contributed by atoms with E-state index in [1.165, 1.54) is 30.8 Å². The predicted octanol–water partition coefficient (Wildman–Crippen LogP) is 2.18. The van der Waals surface area contributed by atoms with Crippen LogP contribution in [-0.4, -0.2) is 22.6 Å². The number of hydrogen-bond acceptors (Lipinski definition) is 3. The average Bonchev–Trinajstić information content (AvgIpc) is 2.21. The molecule has 0 fully saturated rings. The lowest BCUT2D eigenvalue weighted by molar-refractivity contribution is -0.109. The molecule has 0 spiro atoms. The van der Waals surface area contributed by atoms with E-state index in [1.54, 1.807) is 12.1 Å². The summed E-state index contributed by atoms with van der Waals surface area (Å²) in [6.07, 6.45) is 0. The first-order chi connectivity index (χ1) is 7.13. The Hall–Kier alpha value is -0.870. The highest BCUT2D eigenvalue weighted by atomic mass is 32.2. The fraction of sp³-hybridized carbons (Fsp3) is 0.364. The van der Waals surface area contributed by atoms with Gasteiger partial charge in [-0.25, -0.2) is 4.39 Å². The molecule has 0 amide bonds. The number of halogens is 1. The Morgan fingerprint density at radius 2 is 2.07 bits per heavy atom. The number of benzene rings is 1. The minimum Gasteiger partial charge on any atom is -0.396 e. The lowest BCUT2D eigenvalue weighted by Crippen LogP contribution is -2.08. The highest BCUT2D eigenvalue weighted by Crippen LogP contribution is 2.21. The lowest BCUT2D eigenvalue weighted by atomic mass is 10.0. The second kappa shape index (κ2) is 5.88. The van der Waals surface area contributed by atoms with Gasteiger partial charge in [-0.2, -0.15) is 0 Å². The number of carbonyl (C=O) groups is 1. The van der Waals surface area contributed by atoms with Crippen LogP contribution in [0.4, 0.5) is 4.39 Å². The molecule has 1 aromatic rings. The zero-order chi connectivity index (χ0) is 11.3. The van der Waals surface area contributed by atoms with E-state index in [2.05, 4.69) is 0 Å². The van der Waals surface area contributed by atoms with E-state index in [-0.39, 0.29) is 23.5 Å². The molecule has 1 N–H and O–H groups in total. The quantitative estimate of drug-likeness (QED) is 0.858. The van der Waals surface area contributed by atoms with Gasteiger partial charge in [-0.3, -0.25) is 4.79 Å². The van der Waals surface area contributed by atoms with Crippen molar-refractivity contribution in [3.8, 4) is 0 Å². The minimum absolute atomic E-state index is 0.0237. The number of hydrogen-bond donors (Lipinski definition) is 1. The third-order valence-corrected chi connectivity index (χ3v) is 3.03. The Labute approximate surface area is 92.5 Å². The Kier molecular flexibility index (Phi) is 4.78. The summed E-state index contributed by atoms with van der Waals surface area (Å²) in [7, 11) is 0. The van der Waals surface area contributed by atoms with Crippen molar-refractivity contribution in [1.82, 2.24) is 0 Å². The predicted molar refractivity (Wildman–Crippen MR) is 59.4 cm³/mol. The number of aliphatic hydroxyl groups excluding tert-OH is 1. The standard InChI is InChI=1S/C11H13FO2S/c1-8(14)15-7-10(6-13)9-2-4-11(12)5-3-9/h2-5,10,13H,6-7H2,1H3. The van der Waals surface area contributed by atoms with Crippen LogP contribution in [0.5, 0.6) is 0 Å². The van der Waals surface area contributed by atoms with Gasteiger partial charge in [0.2, 0.25) is 0 Å². The molecule has 0 saturated carbocycles. The molecule has 15 heavy (non-hydrogen) atoms. The molecule has 0 aliphatic heterocycles. The van der Waals surface area contributed by atoms with Crippen molar-refractivity contribution in [3.63, 3.8) is 0 Å². The smallest absolute Gasteiger partial charge is 0.185 e. The third-order valence-electron chi connectivity index (χ3n) is 2.05. The van der Waals surface area contributed by atoms with Gasteiger partial charge in [0.15, 0.2) is 5.12 Å². The fourth-order valence-corrected chi connectivity index (χ4v) is 1.94. The summed E-state index contributed by atoms with van der Waals surface area (Å²) >= 11 is 1.17. The molecule has 1 rings (SSSR count). The average molecular weight is 228 g/mol. The van der Waals surface area contributed by atoms with E-state index >= 15 is 0 Å². The van der Waals surface area contributed by atoms with Crippen LogP contribution in [0.3, 0.4) is 0 Å². The molecule has 0 aromatic heterocycles. The molecular formula is C11H13FO2S. The number of carbonyl (C=O) groups excluding carboxylic acids is 1. The lowest BCUT2D eigenvalue weighted by Gasteiger charge is -2.12. The van der Waals surface area contributed by atoms with Crippen LogP contribution < -0.4 is 0 Å². The molecule has 0 bridgehead atoms. The van der Waals surface area contributed by atoms with E-state index in [0.29, 0.717) is 5.75 Å². The summed E-state index contributed by atoms with van der Waals surface area (Å²) in [5, 5.41) is 9.17. The third kappa shape index (κ3) is 4.01. The molecule has 0 radical (unpaired) electrons. The molecule has 0 aliphatic carbocycles. The van der Waals surface area contributed by atoms with Crippen molar-refractivity contribution in [3.05, 3.63) is 35.6 Å². The first-order valence-corrected chi connectivity index (χ1v) is 5.61. The molecule has 1 unspecified atom stereocenters. The number of thioether (sulfide) groups is 1. The van der Waals surface area contributed by atoms with Crippen LogP contribution in [0.2, 0.25) is 0 Å². The van der Waals surface area contributed by atoms with E-state index in [1.807, 2.05) is 0 Å². The highest BCUT2D eigenvalue weighted by Gasteiger charge is 2.11. The van der Waals surface area contributed by atoms with Gasteiger partial charge < -0.3 is 5.11 Å². The van der Waals surface area contributed by atoms with E-state index < -0.39 is 0 Å². The van der Waals surface area contributed by atoms with Crippen molar-refractivity contribution >= 4 is 16.9 Å². The fourth-order valence-electron chi connectivity index (χ4n) is 1.21. The van der Waals surface area contributed by atoms with Crippen LogP contribution in [0.1, 0.15) is 18.4 Å². The summed E-state index contributed by atoms with van der Waals surface area (Å²) in [6.45, 7) is 1.45. The Bertz CT molecular complexity index is 324. The van der Waals surface area contributed by atoms with Crippen molar-refractivity contribution in [2.45, 2.75) is 12.8 Å². The molecule has 4 heteroatoms. The van der Waals surface area contributed by atoms with Gasteiger partial charge in [0.1, 0.15) is 5.82 Å². The van der Waals surface area contributed by atoms with Crippen LogP contribution in [-0.2, 0) is 4.79 Å². The Balaban J connectivity index is 2.65. The minimum atomic E-state index is -0.297. The maximum absolute atomic E-state index is 12.6. The molecule has 1 aromatic carbocycles. The topological polar surface area (TPSA) is 37.3 Å². The SMILES string of the molecule is CC(=O)SCC(CO)c1ccc(F)cc1. The maximum Gasteiger partial charge on any atom is 0.185 e. The molecule has 82 valence electrons.